The molecule has 1 aromatic rings. The van der Waals surface area contributed by atoms with E-state index in [1.54, 1.807) is 18.5 Å². The summed E-state index contributed by atoms with van der Waals surface area (Å²) >= 11 is 0. The smallest absolute Gasteiger partial charge is 0.0343 e. The first-order chi connectivity index (χ1) is 5.25. The molecule has 0 aliphatic heterocycles. The Morgan fingerprint density at radius 3 is 2.91 bits per heavy atom. The summed E-state index contributed by atoms with van der Waals surface area (Å²) in [5, 5.41) is 0. The molecular formula is C9H12N2. The lowest BCUT2D eigenvalue weighted by Crippen LogP contribution is -2.06. The topological polar surface area (TPSA) is 38.9 Å². The summed E-state index contributed by atoms with van der Waals surface area (Å²) in [6, 6.07) is 1.97. The molecule has 1 aromatic heterocycles. The van der Waals surface area contributed by atoms with Crippen molar-refractivity contribution < 1.29 is 0 Å². The van der Waals surface area contributed by atoms with Gasteiger partial charge in [-0.3, -0.25) is 4.98 Å². The second kappa shape index (κ2) is 3.30. The fourth-order valence-corrected chi connectivity index (χ4v) is 1.00. The first kappa shape index (κ1) is 7.95. The lowest BCUT2D eigenvalue weighted by molar-refractivity contribution is 0.813. The van der Waals surface area contributed by atoms with Gasteiger partial charge in [-0.15, -0.1) is 0 Å². The zero-order chi connectivity index (χ0) is 8.27. The number of hydrogen-bond donors (Lipinski definition) is 1. The van der Waals surface area contributed by atoms with Crippen LogP contribution in [0.15, 0.2) is 25.0 Å². The summed E-state index contributed by atoms with van der Waals surface area (Å²) in [5.74, 6) is 0. The van der Waals surface area contributed by atoms with Crippen molar-refractivity contribution in [2.75, 3.05) is 0 Å². The SMILES string of the molecule is C=Cc1cnccc1C(C)N. The Bertz CT molecular complexity index is 253. The summed E-state index contributed by atoms with van der Waals surface area (Å²) in [6.07, 6.45) is 5.28. The van der Waals surface area contributed by atoms with Gasteiger partial charge in [0.1, 0.15) is 0 Å². The molecule has 58 valence electrons. The molecule has 2 nitrogen and oxygen atoms in total. The van der Waals surface area contributed by atoms with E-state index in [0.717, 1.165) is 11.1 Å². The molecule has 2 N–H and O–H groups in total. The maximum absolute atomic E-state index is 5.71. The minimum Gasteiger partial charge on any atom is -0.324 e. The molecule has 11 heavy (non-hydrogen) atoms. The van der Waals surface area contributed by atoms with E-state index in [2.05, 4.69) is 11.6 Å². The van der Waals surface area contributed by atoms with E-state index in [1.807, 2.05) is 13.0 Å². The van der Waals surface area contributed by atoms with E-state index in [9.17, 15) is 0 Å². The molecule has 0 spiro atoms. The van der Waals surface area contributed by atoms with E-state index in [0.29, 0.717) is 0 Å². The molecular weight excluding hydrogens is 136 g/mol. The number of rotatable bonds is 2. The van der Waals surface area contributed by atoms with E-state index in [-0.39, 0.29) is 6.04 Å². The van der Waals surface area contributed by atoms with Crippen molar-refractivity contribution in [3.63, 3.8) is 0 Å². The molecule has 0 saturated carbocycles. The van der Waals surface area contributed by atoms with Crippen LogP contribution in [0.2, 0.25) is 0 Å². The fraction of sp³-hybridized carbons (Fsp3) is 0.222. The quantitative estimate of drug-likeness (QED) is 0.693. The Hall–Kier alpha value is -1.15. The highest BCUT2D eigenvalue weighted by atomic mass is 14.6. The van der Waals surface area contributed by atoms with Crippen LogP contribution >= 0.6 is 0 Å². The van der Waals surface area contributed by atoms with Crippen LogP contribution in [0.25, 0.3) is 6.08 Å². The molecule has 2 heteroatoms. The van der Waals surface area contributed by atoms with Crippen LogP contribution in [0.4, 0.5) is 0 Å². The summed E-state index contributed by atoms with van der Waals surface area (Å²) in [5.41, 5.74) is 7.82. The summed E-state index contributed by atoms with van der Waals surface area (Å²) < 4.78 is 0. The minimum atomic E-state index is 0.0472. The van der Waals surface area contributed by atoms with Gasteiger partial charge in [0.25, 0.3) is 0 Å². The molecule has 1 atom stereocenters. The van der Waals surface area contributed by atoms with Gasteiger partial charge in [0.15, 0.2) is 0 Å². The Labute approximate surface area is 66.8 Å². The van der Waals surface area contributed by atoms with Crippen LogP contribution in [0.1, 0.15) is 24.1 Å². The molecule has 0 aliphatic carbocycles. The Morgan fingerprint density at radius 2 is 2.45 bits per heavy atom. The molecule has 1 rings (SSSR count). The molecule has 0 fully saturated rings. The third-order valence-electron chi connectivity index (χ3n) is 1.60. The Balaban J connectivity index is 3.12. The third kappa shape index (κ3) is 1.65. The molecule has 1 unspecified atom stereocenters. The number of nitrogens with two attached hydrogens (primary N) is 1. The largest absolute Gasteiger partial charge is 0.324 e. The summed E-state index contributed by atoms with van der Waals surface area (Å²) in [7, 11) is 0. The molecule has 0 amide bonds. The normalized spacial score (nSPS) is 12.5. The predicted octanol–water partition coefficient (Wildman–Crippen LogP) is 1.74. The monoisotopic (exact) mass is 148 g/mol. The molecule has 0 bridgehead atoms. The Kier molecular flexibility index (Phi) is 2.39. The van der Waals surface area contributed by atoms with Crippen molar-refractivity contribution in [2.24, 2.45) is 5.73 Å². The second-order valence-electron chi connectivity index (χ2n) is 2.50. The van der Waals surface area contributed by atoms with Gasteiger partial charge < -0.3 is 5.73 Å². The summed E-state index contributed by atoms with van der Waals surface area (Å²) in [4.78, 5) is 3.97. The van der Waals surface area contributed by atoms with E-state index in [1.165, 1.54) is 0 Å². The zero-order valence-electron chi connectivity index (χ0n) is 6.62. The molecule has 1 heterocycles. The highest BCUT2D eigenvalue weighted by Gasteiger charge is 2.02. The maximum atomic E-state index is 5.71. The number of pyridine rings is 1. The van der Waals surface area contributed by atoms with Gasteiger partial charge in [0.2, 0.25) is 0 Å². The van der Waals surface area contributed by atoms with Gasteiger partial charge in [0, 0.05) is 18.4 Å². The lowest BCUT2D eigenvalue weighted by atomic mass is 10.1. The van der Waals surface area contributed by atoms with Crippen LogP contribution < -0.4 is 5.73 Å². The lowest BCUT2D eigenvalue weighted by Gasteiger charge is -2.07. The van der Waals surface area contributed by atoms with Gasteiger partial charge in [-0.1, -0.05) is 12.7 Å². The van der Waals surface area contributed by atoms with Crippen molar-refractivity contribution >= 4 is 6.08 Å². The molecule has 0 radical (unpaired) electrons. The first-order valence-corrected chi connectivity index (χ1v) is 3.57. The average Bonchev–Trinajstić information content (AvgIpc) is 2.04. The average molecular weight is 148 g/mol. The van der Waals surface area contributed by atoms with Crippen molar-refractivity contribution in [3.05, 3.63) is 36.2 Å². The second-order valence-corrected chi connectivity index (χ2v) is 2.50. The Morgan fingerprint density at radius 1 is 1.73 bits per heavy atom. The van der Waals surface area contributed by atoms with Gasteiger partial charge in [-0.25, -0.2) is 0 Å². The highest BCUT2D eigenvalue weighted by molar-refractivity contribution is 5.50. The number of aromatic nitrogens is 1. The van der Waals surface area contributed by atoms with Crippen molar-refractivity contribution in [3.8, 4) is 0 Å². The van der Waals surface area contributed by atoms with Gasteiger partial charge >= 0.3 is 0 Å². The van der Waals surface area contributed by atoms with Crippen molar-refractivity contribution in [2.45, 2.75) is 13.0 Å². The highest BCUT2D eigenvalue weighted by Crippen LogP contribution is 2.14. The minimum absolute atomic E-state index is 0.0472. The number of hydrogen-bond acceptors (Lipinski definition) is 2. The van der Waals surface area contributed by atoms with Gasteiger partial charge in [-0.2, -0.15) is 0 Å². The third-order valence-corrected chi connectivity index (χ3v) is 1.60. The molecule has 0 aliphatic rings. The van der Waals surface area contributed by atoms with Gasteiger partial charge in [-0.05, 0) is 24.1 Å². The fourth-order valence-electron chi connectivity index (χ4n) is 1.00. The van der Waals surface area contributed by atoms with E-state index >= 15 is 0 Å². The van der Waals surface area contributed by atoms with E-state index < -0.39 is 0 Å². The van der Waals surface area contributed by atoms with Crippen LogP contribution in [0, 0.1) is 0 Å². The van der Waals surface area contributed by atoms with E-state index in [4.69, 9.17) is 5.73 Å². The van der Waals surface area contributed by atoms with Gasteiger partial charge in [0.05, 0.1) is 0 Å². The van der Waals surface area contributed by atoms with Crippen LogP contribution in [-0.4, -0.2) is 4.98 Å². The standard InChI is InChI=1S/C9H12N2/c1-3-8-6-11-5-4-9(8)7(2)10/h3-7H,1,10H2,2H3. The van der Waals surface area contributed by atoms with Crippen molar-refractivity contribution in [1.82, 2.24) is 4.98 Å². The zero-order valence-corrected chi connectivity index (χ0v) is 6.62. The summed E-state index contributed by atoms with van der Waals surface area (Å²) in [6.45, 7) is 5.63. The van der Waals surface area contributed by atoms with Crippen LogP contribution in [-0.2, 0) is 0 Å². The van der Waals surface area contributed by atoms with Crippen molar-refractivity contribution in [1.29, 1.82) is 0 Å². The van der Waals surface area contributed by atoms with Crippen LogP contribution in [0.5, 0.6) is 0 Å². The molecule has 0 saturated heterocycles. The number of nitrogens with zero attached hydrogens (tertiary/aromatic N) is 1. The van der Waals surface area contributed by atoms with Crippen LogP contribution in [0.3, 0.4) is 0 Å². The molecule has 0 aromatic carbocycles. The maximum Gasteiger partial charge on any atom is 0.0343 e. The first-order valence-electron chi connectivity index (χ1n) is 3.57. The predicted molar refractivity (Wildman–Crippen MR) is 46.9 cm³/mol.